The van der Waals surface area contributed by atoms with E-state index in [0.717, 1.165) is 11.0 Å². The summed E-state index contributed by atoms with van der Waals surface area (Å²) in [5, 5.41) is 1.10. The van der Waals surface area contributed by atoms with Crippen LogP contribution in [-0.2, 0) is 10.0 Å². The molecule has 2 aromatic rings. The highest BCUT2D eigenvalue weighted by atomic mass is 35.5. The zero-order valence-electron chi connectivity index (χ0n) is 11.7. The number of aromatic nitrogens is 1. The maximum absolute atomic E-state index is 12.0. The zero-order valence-corrected chi connectivity index (χ0v) is 13.2. The van der Waals surface area contributed by atoms with Crippen LogP contribution < -0.4 is 4.72 Å². The first kappa shape index (κ1) is 16.2. The summed E-state index contributed by atoms with van der Waals surface area (Å²) in [5.74, 6) is -0.777. The lowest BCUT2D eigenvalue weighted by Gasteiger charge is -2.06. The molecule has 0 unspecified atom stereocenters. The number of aryl methyl sites for hydroxylation is 1. The van der Waals surface area contributed by atoms with Crippen LogP contribution in [-0.4, -0.2) is 19.3 Å². The molecule has 0 radical (unpaired) electrons. The summed E-state index contributed by atoms with van der Waals surface area (Å²) < 4.78 is 25.7. The molecular weight excluding hydrogens is 324 g/mol. The summed E-state index contributed by atoms with van der Waals surface area (Å²) in [5.41, 5.74) is 1.58. The number of carbonyl (C=O) groups is 1. The van der Waals surface area contributed by atoms with Crippen LogP contribution in [0.15, 0.2) is 48.1 Å². The van der Waals surface area contributed by atoms with Gasteiger partial charge in [-0.25, -0.2) is 13.1 Å². The number of amides is 1. The van der Waals surface area contributed by atoms with Crippen molar-refractivity contribution in [1.29, 1.82) is 0 Å². The monoisotopic (exact) mass is 336 g/mol. The van der Waals surface area contributed by atoms with Crippen LogP contribution in [0.1, 0.15) is 21.5 Å². The van der Waals surface area contributed by atoms with Crippen molar-refractivity contribution in [1.82, 2.24) is 9.71 Å². The minimum absolute atomic E-state index is 0.102. The second-order valence-corrected chi connectivity index (χ2v) is 6.52. The summed E-state index contributed by atoms with van der Waals surface area (Å²) in [7, 11) is -3.92. The molecule has 0 atom stereocenters. The lowest BCUT2D eigenvalue weighted by Crippen LogP contribution is -2.29. The Kier molecular flexibility index (Phi) is 4.95. The standard InChI is InChI=1S/C15H13ClN2O3S/c1-11-4-5-13(14(16)9-11)15(19)18-22(20,21)8-6-12-3-2-7-17-10-12/h2-10H,1H3,(H,18,19)/b8-6+. The molecule has 0 saturated heterocycles. The van der Waals surface area contributed by atoms with Gasteiger partial charge in [-0.05, 0) is 42.3 Å². The maximum atomic E-state index is 12.0. The van der Waals surface area contributed by atoms with E-state index in [2.05, 4.69) is 4.98 Å². The first-order chi connectivity index (χ1) is 10.4. The Morgan fingerprint density at radius 1 is 1.32 bits per heavy atom. The van der Waals surface area contributed by atoms with Gasteiger partial charge in [-0.3, -0.25) is 9.78 Å². The molecule has 1 amide bonds. The molecule has 0 aliphatic rings. The van der Waals surface area contributed by atoms with Gasteiger partial charge in [0.25, 0.3) is 15.9 Å². The number of pyridine rings is 1. The largest absolute Gasteiger partial charge is 0.268 e. The highest BCUT2D eigenvalue weighted by molar-refractivity contribution is 7.93. The topological polar surface area (TPSA) is 76.1 Å². The highest BCUT2D eigenvalue weighted by Crippen LogP contribution is 2.17. The smallest absolute Gasteiger partial charge is 0.266 e. The van der Waals surface area contributed by atoms with Gasteiger partial charge >= 0.3 is 0 Å². The van der Waals surface area contributed by atoms with Crippen molar-refractivity contribution in [2.24, 2.45) is 0 Å². The number of hydrogen-bond donors (Lipinski definition) is 1. The molecule has 5 nitrogen and oxygen atoms in total. The van der Waals surface area contributed by atoms with Crippen LogP contribution in [0.3, 0.4) is 0 Å². The van der Waals surface area contributed by atoms with E-state index in [1.54, 1.807) is 30.5 Å². The molecule has 114 valence electrons. The number of carbonyl (C=O) groups excluding carboxylic acids is 1. The van der Waals surface area contributed by atoms with Crippen molar-refractivity contribution >= 4 is 33.6 Å². The predicted molar refractivity (Wildman–Crippen MR) is 85.8 cm³/mol. The molecule has 7 heteroatoms. The Bertz CT molecular complexity index is 818. The second-order valence-electron chi connectivity index (χ2n) is 4.55. The first-order valence-corrected chi connectivity index (χ1v) is 8.21. The lowest BCUT2D eigenvalue weighted by atomic mass is 10.1. The fourth-order valence-corrected chi connectivity index (χ4v) is 2.76. The zero-order chi connectivity index (χ0) is 16.2. The normalized spacial score (nSPS) is 11.5. The quantitative estimate of drug-likeness (QED) is 0.931. The minimum Gasteiger partial charge on any atom is -0.268 e. The van der Waals surface area contributed by atoms with Crippen LogP contribution in [0.5, 0.6) is 0 Å². The van der Waals surface area contributed by atoms with E-state index in [1.165, 1.54) is 18.3 Å². The third kappa shape index (κ3) is 4.41. The third-order valence-corrected chi connectivity index (χ3v) is 4.01. The van der Waals surface area contributed by atoms with Gasteiger partial charge in [0.15, 0.2) is 0 Å². The fourth-order valence-electron chi connectivity index (χ4n) is 1.67. The maximum Gasteiger partial charge on any atom is 0.266 e. The van der Waals surface area contributed by atoms with Gasteiger partial charge in [0.05, 0.1) is 16.0 Å². The summed E-state index contributed by atoms with van der Waals surface area (Å²) in [4.78, 5) is 15.8. The van der Waals surface area contributed by atoms with Gasteiger partial charge in [0.2, 0.25) is 0 Å². The van der Waals surface area contributed by atoms with Gasteiger partial charge in [0, 0.05) is 12.4 Å². The Hall–Kier alpha value is -2.18. The third-order valence-electron chi connectivity index (χ3n) is 2.73. The molecule has 0 bridgehead atoms. The molecule has 1 aromatic carbocycles. The van der Waals surface area contributed by atoms with Crippen molar-refractivity contribution in [3.8, 4) is 0 Å². The number of hydrogen-bond acceptors (Lipinski definition) is 4. The van der Waals surface area contributed by atoms with Crippen LogP contribution >= 0.6 is 11.6 Å². The summed E-state index contributed by atoms with van der Waals surface area (Å²) in [6, 6.07) is 8.12. The van der Waals surface area contributed by atoms with E-state index < -0.39 is 15.9 Å². The van der Waals surface area contributed by atoms with Crippen LogP contribution in [0.2, 0.25) is 5.02 Å². The number of sulfonamides is 1. The van der Waals surface area contributed by atoms with E-state index in [1.807, 2.05) is 11.6 Å². The molecule has 0 spiro atoms. The molecule has 1 aromatic heterocycles. The molecule has 0 fully saturated rings. The average molecular weight is 337 g/mol. The van der Waals surface area contributed by atoms with Gasteiger partial charge in [0.1, 0.15) is 0 Å². The van der Waals surface area contributed by atoms with Crippen LogP contribution in [0, 0.1) is 6.92 Å². The summed E-state index contributed by atoms with van der Waals surface area (Å²) >= 11 is 5.94. The van der Waals surface area contributed by atoms with Crippen molar-refractivity contribution in [2.45, 2.75) is 6.92 Å². The van der Waals surface area contributed by atoms with Gasteiger partial charge in [-0.2, -0.15) is 0 Å². The van der Waals surface area contributed by atoms with Gasteiger partial charge in [-0.1, -0.05) is 23.7 Å². The molecule has 1 heterocycles. The second kappa shape index (κ2) is 6.72. The van der Waals surface area contributed by atoms with Crippen molar-refractivity contribution < 1.29 is 13.2 Å². The molecule has 0 aliphatic carbocycles. The Balaban J connectivity index is 2.14. The Labute approximate surface area is 133 Å². The number of benzene rings is 1. The number of nitrogens with zero attached hydrogens (tertiary/aromatic N) is 1. The molecule has 22 heavy (non-hydrogen) atoms. The summed E-state index contributed by atoms with van der Waals surface area (Å²) in [6.45, 7) is 1.82. The van der Waals surface area contributed by atoms with Crippen molar-refractivity contribution in [2.75, 3.05) is 0 Å². The van der Waals surface area contributed by atoms with E-state index in [9.17, 15) is 13.2 Å². The van der Waals surface area contributed by atoms with Gasteiger partial charge < -0.3 is 0 Å². The molecule has 0 saturated carbocycles. The molecule has 0 aliphatic heterocycles. The van der Waals surface area contributed by atoms with E-state index >= 15 is 0 Å². The lowest BCUT2D eigenvalue weighted by molar-refractivity contribution is 0.0982. The van der Waals surface area contributed by atoms with Crippen molar-refractivity contribution in [3.63, 3.8) is 0 Å². The van der Waals surface area contributed by atoms with E-state index in [4.69, 9.17) is 11.6 Å². The van der Waals surface area contributed by atoms with Crippen LogP contribution in [0.4, 0.5) is 0 Å². The number of halogens is 1. The van der Waals surface area contributed by atoms with Crippen LogP contribution in [0.25, 0.3) is 6.08 Å². The Morgan fingerprint density at radius 2 is 2.09 bits per heavy atom. The molecular formula is C15H13ClN2O3S. The number of rotatable bonds is 4. The SMILES string of the molecule is Cc1ccc(C(=O)NS(=O)(=O)/C=C/c2cccnc2)c(Cl)c1. The molecule has 1 N–H and O–H groups in total. The fraction of sp³-hybridized carbons (Fsp3) is 0.0667. The number of nitrogens with one attached hydrogen (secondary N) is 1. The first-order valence-electron chi connectivity index (χ1n) is 6.29. The minimum atomic E-state index is -3.92. The van der Waals surface area contributed by atoms with E-state index in [0.29, 0.717) is 5.56 Å². The van der Waals surface area contributed by atoms with E-state index in [-0.39, 0.29) is 10.6 Å². The predicted octanol–water partition coefficient (Wildman–Crippen LogP) is 2.77. The highest BCUT2D eigenvalue weighted by Gasteiger charge is 2.15. The summed E-state index contributed by atoms with van der Waals surface area (Å²) in [6.07, 6.45) is 4.43. The Morgan fingerprint density at radius 3 is 2.73 bits per heavy atom. The molecule has 2 rings (SSSR count). The van der Waals surface area contributed by atoms with Crippen molar-refractivity contribution in [3.05, 3.63) is 69.8 Å². The average Bonchev–Trinajstić information content (AvgIpc) is 2.45. The van der Waals surface area contributed by atoms with Gasteiger partial charge in [-0.15, -0.1) is 0 Å².